The molecule has 200 valence electrons. The summed E-state index contributed by atoms with van der Waals surface area (Å²) in [5.74, 6) is -1.64. The van der Waals surface area contributed by atoms with Crippen LogP contribution in [0.1, 0.15) is 24.0 Å². The van der Waals surface area contributed by atoms with Crippen molar-refractivity contribution in [1.82, 2.24) is 20.5 Å². The number of rotatable bonds is 7. The molecule has 3 amide bonds. The van der Waals surface area contributed by atoms with E-state index in [0.29, 0.717) is 12.0 Å². The number of hydrogen-bond acceptors (Lipinski definition) is 4. The van der Waals surface area contributed by atoms with E-state index in [9.17, 15) is 23.2 Å². The third-order valence-corrected chi connectivity index (χ3v) is 7.23. The topological polar surface area (TPSA) is 104 Å². The van der Waals surface area contributed by atoms with Crippen LogP contribution in [0.3, 0.4) is 0 Å². The number of piperidine rings is 1. The molecule has 1 fully saturated rings. The van der Waals surface area contributed by atoms with Gasteiger partial charge in [0.15, 0.2) is 0 Å². The Morgan fingerprint density at radius 1 is 1.16 bits per heavy atom. The Morgan fingerprint density at radius 3 is 2.63 bits per heavy atom. The fourth-order valence-electron chi connectivity index (χ4n) is 4.51. The van der Waals surface area contributed by atoms with Gasteiger partial charge < -0.3 is 25.3 Å². The highest BCUT2D eigenvalue weighted by atomic mass is 79.9. The lowest BCUT2D eigenvalue weighted by molar-refractivity contribution is -0.134. The highest BCUT2D eigenvalue weighted by Gasteiger charge is 2.43. The highest BCUT2D eigenvalue weighted by molar-refractivity contribution is 9.10. The second-order valence-electron chi connectivity index (χ2n) is 9.05. The molecule has 1 aliphatic rings. The summed E-state index contributed by atoms with van der Waals surface area (Å²) in [6.45, 7) is 0.702. The third kappa shape index (κ3) is 6.21. The Hall–Kier alpha value is -3.73. The molecule has 2 heterocycles. The molecule has 8 nitrogen and oxygen atoms in total. The minimum atomic E-state index is -1.25. The lowest BCUT2D eigenvalue weighted by atomic mass is 9.86. The second-order valence-corrected chi connectivity index (χ2v) is 9.90. The fraction of sp³-hybridized carbons (Fsp3) is 0.296. The van der Waals surface area contributed by atoms with Crippen LogP contribution in [0.15, 0.2) is 53.1 Å². The van der Waals surface area contributed by atoms with Crippen molar-refractivity contribution in [1.29, 1.82) is 0 Å². The van der Waals surface area contributed by atoms with Crippen molar-refractivity contribution in [2.24, 2.45) is 0 Å². The first-order valence-electron chi connectivity index (χ1n) is 12.0. The van der Waals surface area contributed by atoms with Crippen molar-refractivity contribution in [3.05, 3.63) is 75.9 Å². The Bertz CT molecular complexity index is 1380. The molecular weight excluding hydrogens is 562 g/mol. The second kappa shape index (κ2) is 11.8. The van der Waals surface area contributed by atoms with Gasteiger partial charge in [0.25, 0.3) is 0 Å². The Morgan fingerprint density at radius 2 is 1.92 bits per heavy atom. The number of hydrogen-bond donors (Lipinski definition) is 3. The van der Waals surface area contributed by atoms with Crippen LogP contribution >= 0.6 is 15.9 Å². The van der Waals surface area contributed by atoms with Gasteiger partial charge in [0, 0.05) is 42.8 Å². The SMILES string of the molecule is COC(=O)N1CCC(NC(=O)C=Cc2ccc(F)c(Br)c2)(C(=O)NCCc2c[nH]c3ccc(F)cc23)CC1. The van der Waals surface area contributed by atoms with Gasteiger partial charge in [-0.1, -0.05) is 6.07 Å². The monoisotopic (exact) mass is 588 g/mol. The molecule has 3 aromatic rings. The average molecular weight is 589 g/mol. The van der Waals surface area contributed by atoms with E-state index in [-0.39, 0.29) is 48.7 Å². The van der Waals surface area contributed by atoms with E-state index in [0.717, 1.165) is 16.5 Å². The van der Waals surface area contributed by atoms with E-state index in [2.05, 4.69) is 31.5 Å². The summed E-state index contributed by atoms with van der Waals surface area (Å²) in [5, 5.41) is 6.46. The van der Waals surface area contributed by atoms with Crippen LogP contribution in [-0.2, 0) is 20.7 Å². The van der Waals surface area contributed by atoms with Crippen LogP contribution in [0.4, 0.5) is 13.6 Å². The predicted molar refractivity (Wildman–Crippen MR) is 142 cm³/mol. The minimum absolute atomic E-state index is 0.188. The van der Waals surface area contributed by atoms with Crippen LogP contribution in [-0.4, -0.2) is 60.1 Å². The summed E-state index contributed by atoms with van der Waals surface area (Å²) in [4.78, 5) is 42.8. The van der Waals surface area contributed by atoms with Crippen molar-refractivity contribution in [2.75, 3.05) is 26.7 Å². The number of halogens is 3. The van der Waals surface area contributed by atoms with E-state index in [4.69, 9.17) is 4.74 Å². The smallest absolute Gasteiger partial charge is 0.409 e. The Labute approximate surface area is 226 Å². The number of nitrogens with one attached hydrogen (secondary N) is 3. The van der Waals surface area contributed by atoms with Gasteiger partial charge in [-0.3, -0.25) is 9.59 Å². The summed E-state index contributed by atoms with van der Waals surface area (Å²) >= 11 is 3.11. The molecule has 4 rings (SSSR count). The number of carbonyl (C=O) groups excluding carboxylic acids is 3. The number of fused-ring (bicyclic) bond motifs is 1. The van der Waals surface area contributed by atoms with Gasteiger partial charge in [0.2, 0.25) is 11.8 Å². The number of H-pyrrole nitrogens is 1. The van der Waals surface area contributed by atoms with Gasteiger partial charge >= 0.3 is 6.09 Å². The quantitative estimate of drug-likeness (QED) is 0.358. The zero-order valence-corrected chi connectivity index (χ0v) is 22.2. The average Bonchev–Trinajstić information content (AvgIpc) is 3.31. The number of amides is 3. The normalized spacial score (nSPS) is 15.0. The van der Waals surface area contributed by atoms with Crippen LogP contribution in [0.25, 0.3) is 17.0 Å². The summed E-state index contributed by atoms with van der Waals surface area (Å²) in [6.07, 6.45) is 4.90. The van der Waals surface area contributed by atoms with E-state index in [1.165, 1.54) is 54.5 Å². The van der Waals surface area contributed by atoms with Crippen molar-refractivity contribution >= 4 is 50.8 Å². The zero-order chi connectivity index (χ0) is 27.3. The number of benzene rings is 2. The summed E-state index contributed by atoms with van der Waals surface area (Å²) in [7, 11) is 1.29. The van der Waals surface area contributed by atoms with Crippen LogP contribution in [0.2, 0.25) is 0 Å². The molecule has 1 aliphatic heterocycles. The van der Waals surface area contributed by atoms with Gasteiger partial charge in [-0.05, 0) is 82.7 Å². The number of likely N-dealkylation sites (tertiary alicyclic amines) is 1. The fourth-order valence-corrected chi connectivity index (χ4v) is 4.91. The zero-order valence-electron chi connectivity index (χ0n) is 20.7. The van der Waals surface area contributed by atoms with E-state index >= 15 is 0 Å². The molecule has 11 heteroatoms. The van der Waals surface area contributed by atoms with Crippen molar-refractivity contribution in [3.63, 3.8) is 0 Å². The predicted octanol–water partition coefficient (Wildman–Crippen LogP) is 4.30. The molecule has 0 bridgehead atoms. The van der Waals surface area contributed by atoms with Gasteiger partial charge in [-0.2, -0.15) is 0 Å². The maximum absolute atomic E-state index is 13.7. The summed E-state index contributed by atoms with van der Waals surface area (Å²) in [5.41, 5.74) is 1.00. The van der Waals surface area contributed by atoms with Gasteiger partial charge in [0.05, 0.1) is 11.6 Å². The number of aromatic amines is 1. The third-order valence-electron chi connectivity index (χ3n) is 6.63. The van der Waals surface area contributed by atoms with Crippen LogP contribution < -0.4 is 10.6 Å². The van der Waals surface area contributed by atoms with Crippen molar-refractivity contribution in [2.45, 2.75) is 24.8 Å². The molecule has 0 spiro atoms. The number of aromatic nitrogens is 1. The molecule has 0 saturated carbocycles. The Balaban J connectivity index is 1.45. The Kier molecular flexibility index (Phi) is 8.45. The lowest BCUT2D eigenvalue weighted by Crippen LogP contribution is -2.63. The highest BCUT2D eigenvalue weighted by Crippen LogP contribution is 2.25. The molecule has 1 saturated heterocycles. The molecule has 3 N–H and O–H groups in total. The number of methoxy groups -OCH3 is 1. The largest absolute Gasteiger partial charge is 0.453 e. The van der Waals surface area contributed by atoms with E-state index < -0.39 is 23.4 Å². The number of nitrogens with zero attached hydrogens (tertiary/aromatic N) is 1. The summed E-state index contributed by atoms with van der Waals surface area (Å²) in [6, 6.07) is 8.82. The lowest BCUT2D eigenvalue weighted by Gasteiger charge is -2.40. The van der Waals surface area contributed by atoms with Crippen LogP contribution in [0.5, 0.6) is 0 Å². The maximum Gasteiger partial charge on any atom is 0.409 e. The molecule has 0 aliphatic carbocycles. The van der Waals surface area contributed by atoms with Gasteiger partial charge in [-0.25, -0.2) is 13.6 Å². The molecule has 0 atom stereocenters. The van der Waals surface area contributed by atoms with E-state index in [1.807, 2.05) is 0 Å². The minimum Gasteiger partial charge on any atom is -0.453 e. The van der Waals surface area contributed by atoms with Crippen molar-refractivity contribution < 1.29 is 27.9 Å². The number of ether oxygens (including phenoxy) is 1. The molecular formula is C27H27BrF2N4O4. The maximum atomic E-state index is 13.7. The van der Waals surface area contributed by atoms with Crippen LogP contribution in [0, 0.1) is 11.6 Å². The first-order valence-corrected chi connectivity index (χ1v) is 12.8. The first-order chi connectivity index (χ1) is 18.2. The van der Waals surface area contributed by atoms with Gasteiger partial charge in [0.1, 0.15) is 17.2 Å². The molecule has 0 unspecified atom stereocenters. The molecule has 1 aromatic heterocycles. The standard InChI is InChI=1S/C27H27BrF2N4O4/c1-38-26(37)34-12-9-27(10-13-34,33-24(35)7-3-17-2-5-22(30)21(28)14-17)25(36)31-11-8-18-16-32-23-6-4-19(29)15-20(18)23/h2-7,14-16,32H,8-13H2,1H3,(H,31,36)(H,33,35). The molecule has 2 aromatic carbocycles. The van der Waals surface area contributed by atoms with E-state index in [1.54, 1.807) is 12.3 Å². The first kappa shape index (κ1) is 27.3. The molecule has 0 radical (unpaired) electrons. The summed E-state index contributed by atoms with van der Waals surface area (Å²) < 4.78 is 32.2. The molecule has 38 heavy (non-hydrogen) atoms. The van der Waals surface area contributed by atoms with Gasteiger partial charge in [-0.15, -0.1) is 0 Å². The number of carbonyl (C=O) groups is 3. The van der Waals surface area contributed by atoms with Crippen molar-refractivity contribution in [3.8, 4) is 0 Å².